The van der Waals surface area contributed by atoms with E-state index in [9.17, 15) is 5.11 Å². The second-order valence-electron chi connectivity index (χ2n) is 6.49. The fourth-order valence-corrected chi connectivity index (χ4v) is 5.11. The van der Waals surface area contributed by atoms with Gasteiger partial charge in [-0.1, -0.05) is 24.3 Å². The molecule has 3 unspecified atom stereocenters. The highest BCUT2D eigenvalue weighted by atomic mass is 32.2. The molecule has 3 heteroatoms. The Labute approximate surface area is 125 Å². The lowest BCUT2D eigenvalue weighted by Crippen LogP contribution is -2.46. The number of aliphatic hydroxyl groups is 1. The molecule has 110 valence electrons. The van der Waals surface area contributed by atoms with Crippen LogP contribution in [-0.4, -0.2) is 28.8 Å². The van der Waals surface area contributed by atoms with Crippen LogP contribution in [0.4, 0.5) is 0 Å². The van der Waals surface area contributed by atoms with Gasteiger partial charge in [-0.25, -0.2) is 0 Å². The van der Waals surface area contributed by atoms with Gasteiger partial charge in [0.15, 0.2) is 0 Å². The van der Waals surface area contributed by atoms with Crippen LogP contribution in [0.15, 0.2) is 24.3 Å². The highest BCUT2D eigenvalue weighted by Gasteiger charge is 2.46. The van der Waals surface area contributed by atoms with Crippen molar-refractivity contribution in [1.82, 2.24) is 0 Å². The van der Waals surface area contributed by atoms with Crippen molar-refractivity contribution in [2.75, 3.05) is 18.1 Å². The monoisotopic (exact) mass is 292 g/mol. The zero-order valence-electron chi connectivity index (χ0n) is 12.4. The average Bonchev–Trinajstić information content (AvgIpc) is 2.87. The SMILES string of the molecule is Cc1ccccc1C(C)(O)C1CCOC2(CCSC2)C1. The molecule has 0 bridgehead atoms. The molecule has 0 aromatic heterocycles. The molecule has 0 amide bonds. The van der Waals surface area contributed by atoms with E-state index in [1.54, 1.807) is 0 Å². The maximum atomic E-state index is 11.2. The number of rotatable bonds is 2. The van der Waals surface area contributed by atoms with Crippen LogP contribution in [0, 0.1) is 12.8 Å². The normalized spacial score (nSPS) is 33.2. The first-order valence-electron chi connectivity index (χ1n) is 7.54. The van der Waals surface area contributed by atoms with E-state index in [4.69, 9.17) is 4.74 Å². The highest BCUT2D eigenvalue weighted by molar-refractivity contribution is 7.99. The Morgan fingerprint density at radius 2 is 2.20 bits per heavy atom. The summed E-state index contributed by atoms with van der Waals surface area (Å²) in [6, 6.07) is 8.22. The average molecular weight is 292 g/mol. The van der Waals surface area contributed by atoms with Crippen molar-refractivity contribution in [3.63, 3.8) is 0 Å². The summed E-state index contributed by atoms with van der Waals surface area (Å²) in [7, 11) is 0. The van der Waals surface area contributed by atoms with E-state index in [2.05, 4.69) is 19.1 Å². The van der Waals surface area contributed by atoms with E-state index in [1.807, 2.05) is 30.8 Å². The van der Waals surface area contributed by atoms with Gasteiger partial charge in [0.1, 0.15) is 0 Å². The Kier molecular flexibility index (Phi) is 3.87. The zero-order chi connectivity index (χ0) is 14.2. The van der Waals surface area contributed by atoms with Crippen molar-refractivity contribution in [2.24, 2.45) is 5.92 Å². The summed E-state index contributed by atoms with van der Waals surface area (Å²) in [5.41, 5.74) is 1.53. The van der Waals surface area contributed by atoms with Crippen LogP contribution in [0.5, 0.6) is 0 Å². The topological polar surface area (TPSA) is 29.5 Å². The summed E-state index contributed by atoms with van der Waals surface area (Å²) in [4.78, 5) is 0. The molecule has 2 heterocycles. The van der Waals surface area contributed by atoms with Crippen LogP contribution in [0.1, 0.15) is 37.3 Å². The second-order valence-corrected chi connectivity index (χ2v) is 7.59. The summed E-state index contributed by atoms with van der Waals surface area (Å²) in [5, 5.41) is 11.2. The maximum Gasteiger partial charge on any atom is 0.0901 e. The lowest BCUT2D eigenvalue weighted by atomic mass is 9.72. The minimum Gasteiger partial charge on any atom is -0.385 e. The summed E-state index contributed by atoms with van der Waals surface area (Å²) < 4.78 is 6.09. The molecular weight excluding hydrogens is 268 g/mol. The van der Waals surface area contributed by atoms with Crippen LogP contribution >= 0.6 is 11.8 Å². The summed E-state index contributed by atoms with van der Waals surface area (Å²) in [6.45, 7) is 4.86. The number of thioether (sulfide) groups is 1. The van der Waals surface area contributed by atoms with Gasteiger partial charge in [-0.05, 0) is 55.9 Å². The third-order valence-corrected chi connectivity index (χ3v) is 6.27. The molecular formula is C17H24O2S. The second kappa shape index (κ2) is 5.36. The van der Waals surface area contributed by atoms with Crippen LogP contribution in [0.3, 0.4) is 0 Å². The Morgan fingerprint density at radius 1 is 1.40 bits per heavy atom. The zero-order valence-corrected chi connectivity index (χ0v) is 13.2. The highest BCUT2D eigenvalue weighted by Crippen LogP contribution is 2.46. The minimum atomic E-state index is -0.755. The van der Waals surface area contributed by atoms with Crippen LogP contribution < -0.4 is 0 Å². The predicted molar refractivity (Wildman–Crippen MR) is 84.1 cm³/mol. The van der Waals surface area contributed by atoms with Gasteiger partial charge in [0, 0.05) is 12.4 Å². The molecule has 2 aliphatic heterocycles. The molecule has 0 radical (unpaired) electrons. The third kappa shape index (κ3) is 2.51. The van der Waals surface area contributed by atoms with Gasteiger partial charge in [0.05, 0.1) is 11.2 Å². The maximum absolute atomic E-state index is 11.2. The fraction of sp³-hybridized carbons (Fsp3) is 0.647. The number of hydrogen-bond donors (Lipinski definition) is 1. The van der Waals surface area contributed by atoms with Crippen molar-refractivity contribution in [3.8, 4) is 0 Å². The van der Waals surface area contributed by atoms with Crippen molar-refractivity contribution in [3.05, 3.63) is 35.4 Å². The van der Waals surface area contributed by atoms with E-state index in [0.717, 1.165) is 37.2 Å². The summed E-state index contributed by atoms with van der Waals surface area (Å²) >= 11 is 1.98. The molecule has 3 rings (SSSR count). The fourth-order valence-electron chi connectivity index (χ4n) is 3.73. The van der Waals surface area contributed by atoms with Gasteiger partial charge in [-0.15, -0.1) is 0 Å². The van der Waals surface area contributed by atoms with E-state index in [0.29, 0.717) is 0 Å². The van der Waals surface area contributed by atoms with Crippen molar-refractivity contribution in [1.29, 1.82) is 0 Å². The van der Waals surface area contributed by atoms with Gasteiger partial charge in [0.25, 0.3) is 0 Å². The van der Waals surface area contributed by atoms with Gasteiger partial charge in [-0.3, -0.25) is 0 Å². The molecule has 0 aliphatic carbocycles. The number of hydrogen-bond acceptors (Lipinski definition) is 3. The molecule has 2 aliphatic rings. The molecule has 1 spiro atoms. The van der Waals surface area contributed by atoms with Gasteiger partial charge in [0.2, 0.25) is 0 Å². The Bertz CT molecular complexity index is 478. The first kappa shape index (κ1) is 14.4. The number of benzene rings is 1. The van der Waals surface area contributed by atoms with Crippen LogP contribution in [0.2, 0.25) is 0 Å². The Balaban J connectivity index is 1.85. The number of ether oxygens (including phenoxy) is 1. The molecule has 0 saturated carbocycles. The lowest BCUT2D eigenvalue weighted by Gasteiger charge is -2.44. The molecule has 1 N–H and O–H groups in total. The largest absolute Gasteiger partial charge is 0.385 e. The quantitative estimate of drug-likeness (QED) is 0.904. The van der Waals surface area contributed by atoms with Crippen molar-refractivity contribution >= 4 is 11.8 Å². The van der Waals surface area contributed by atoms with Gasteiger partial charge >= 0.3 is 0 Å². The molecule has 3 atom stereocenters. The number of aryl methyl sites for hydroxylation is 1. The van der Waals surface area contributed by atoms with Gasteiger partial charge < -0.3 is 9.84 Å². The molecule has 2 saturated heterocycles. The van der Waals surface area contributed by atoms with Crippen molar-refractivity contribution in [2.45, 2.75) is 44.3 Å². The third-order valence-electron chi connectivity index (χ3n) is 5.05. The van der Waals surface area contributed by atoms with E-state index >= 15 is 0 Å². The van der Waals surface area contributed by atoms with E-state index in [-0.39, 0.29) is 11.5 Å². The van der Waals surface area contributed by atoms with Crippen molar-refractivity contribution < 1.29 is 9.84 Å². The summed E-state index contributed by atoms with van der Waals surface area (Å²) in [5.74, 6) is 2.57. The molecule has 1 aromatic carbocycles. The first-order valence-corrected chi connectivity index (χ1v) is 8.69. The first-order chi connectivity index (χ1) is 9.54. The van der Waals surface area contributed by atoms with E-state index < -0.39 is 5.60 Å². The molecule has 1 aromatic rings. The minimum absolute atomic E-state index is 0.0280. The smallest absolute Gasteiger partial charge is 0.0901 e. The summed E-state index contributed by atoms with van der Waals surface area (Å²) in [6.07, 6.45) is 3.08. The molecule has 2 fully saturated rings. The van der Waals surface area contributed by atoms with Gasteiger partial charge in [-0.2, -0.15) is 11.8 Å². The van der Waals surface area contributed by atoms with Crippen LogP contribution in [0.25, 0.3) is 0 Å². The predicted octanol–water partition coefficient (Wildman–Crippen LogP) is 3.50. The Hall–Kier alpha value is -0.510. The Morgan fingerprint density at radius 3 is 2.90 bits per heavy atom. The lowest BCUT2D eigenvalue weighted by molar-refractivity contribution is -0.129. The van der Waals surface area contributed by atoms with Crippen LogP contribution in [-0.2, 0) is 10.3 Å². The van der Waals surface area contributed by atoms with E-state index in [1.165, 1.54) is 11.3 Å². The standard InChI is InChI=1S/C17H24O2S/c1-13-5-3-4-6-15(13)16(2,18)14-7-9-19-17(11-14)8-10-20-12-17/h3-6,14,18H,7-12H2,1-2H3. The molecule has 20 heavy (non-hydrogen) atoms. The molecule has 2 nitrogen and oxygen atoms in total.